The van der Waals surface area contributed by atoms with E-state index in [0.29, 0.717) is 92.3 Å². The Morgan fingerprint density at radius 3 is 1.08 bits per heavy atom. The van der Waals surface area contributed by atoms with Crippen molar-refractivity contribution in [1.82, 2.24) is 0 Å². The van der Waals surface area contributed by atoms with Gasteiger partial charge in [0.15, 0.2) is 0 Å². The van der Waals surface area contributed by atoms with E-state index < -0.39 is 17.9 Å². The lowest BCUT2D eigenvalue weighted by Gasteiger charge is -2.36. The molecular formula is C58H78O18. The normalized spacial score (nSPS) is 23.5. The number of hydrogen-bond acceptors (Lipinski definition) is 18. The molecule has 0 N–H and O–H groups in total. The van der Waals surface area contributed by atoms with Crippen molar-refractivity contribution in [2.75, 3.05) is 79.3 Å². The van der Waals surface area contributed by atoms with Crippen molar-refractivity contribution in [2.45, 2.75) is 110 Å². The van der Waals surface area contributed by atoms with Gasteiger partial charge in [-0.2, -0.15) is 0 Å². The van der Waals surface area contributed by atoms with Crippen LogP contribution >= 0.6 is 0 Å². The van der Waals surface area contributed by atoms with Gasteiger partial charge in [-0.15, -0.1) is 0 Å². The minimum Gasteiger partial charge on any atom is -0.463 e. The number of ether oxygens (including phenoxy) is 11. The molecule has 0 radical (unpaired) electrons. The monoisotopic (exact) mass is 1060 g/mol. The van der Waals surface area contributed by atoms with Gasteiger partial charge in [-0.3, -0.25) is 24.0 Å². The Morgan fingerprint density at radius 2 is 0.711 bits per heavy atom. The van der Waals surface area contributed by atoms with Crippen LogP contribution in [0.1, 0.15) is 110 Å². The first-order chi connectivity index (χ1) is 36.9. The predicted octanol–water partition coefficient (Wildman–Crippen LogP) is 8.41. The van der Waals surface area contributed by atoms with Crippen LogP contribution in [0.3, 0.4) is 0 Å². The van der Waals surface area contributed by atoms with Gasteiger partial charge in [-0.1, -0.05) is 25.3 Å². The van der Waals surface area contributed by atoms with Gasteiger partial charge in [0.05, 0.1) is 81.9 Å². The second kappa shape index (κ2) is 32.1. The molecule has 18 heteroatoms. The summed E-state index contributed by atoms with van der Waals surface area (Å²) >= 11 is 0. The second-order valence-electron chi connectivity index (χ2n) is 20.2. The van der Waals surface area contributed by atoms with E-state index in [9.17, 15) is 33.6 Å². The zero-order valence-electron chi connectivity index (χ0n) is 44.2. The van der Waals surface area contributed by atoms with Crippen LogP contribution in [-0.4, -0.2) is 121 Å². The molecule has 0 bridgehead atoms. The molecule has 4 fully saturated rings. The van der Waals surface area contributed by atoms with Gasteiger partial charge < -0.3 is 52.1 Å². The molecule has 18 nitrogen and oxygen atoms in total. The highest BCUT2D eigenvalue weighted by atomic mass is 16.6. The molecule has 0 saturated heterocycles. The standard InChI is InChI=1S/C58H78O18/c1-4-52(60)70-35-31-66-27-29-68-33-37-72-55(62)44-17-9-40(10-18-44)42-13-21-46(22-14-42)57(64)75-49-25-26-51(54-48(49)7-6-8-50(54)74-39(3)59)76-58(65)47-23-15-43(16-24-47)41-11-19-45(20-12-41)56(63)73-38-34-69-30-28-67-32-36-71-53(61)5-2/h4-8,25-26,40-47H,1-2,9-24,27-38H2,3H3. The fraction of sp³-hybridized carbons (Fsp3) is 0.638. The van der Waals surface area contributed by atoms with Gasteiger partial charge in [-0.05, 0) is 145 Å². The van der Waals surface area contributed by atoms with E-state index in [1.807, 2.05) is 0 Å². The minimum atomic E-state index is -0.544. The highest BCUT2D eigenvalue weighted by molar-refractivity contribution is 6.01. The molecule has 0 unspecified atom stereocenters. The summed E-state index contributed by atoms with van der Waals surface area (Å²) in [7, 11) is 0. The fourth-order valence-corrected chi connectivity index (χ4v) is 11.2. The van der Waals surface area contributed by atoms with E-state index in [1.54, 1.807) is 30.3 Å². The topological polar surface area (TPSA) is 221 Å². The average Bonchev–Trinajstić information content (AvgIpc) is 3.45. The molecule has 418 valence electrons. The molecule has 2 aromatic rings. The Hall–Kier alpha value is -5.69. The van der Waals surface area contributed by atoms with Crippen LogP contribution in [-0.2, 0) is 71.5 Å². The van der Waals surface area contributed by atoms with Crippen LogP contribution in [0.4, 0.5) is 0 Å². The van der Waals surface area contributed by atoms with Gasteiger partial charge in [0, 0.05) is 24.5 Å². The summed E-state index contributed by atoms with van der Waals surface area (Å²) in [5, 5.41) is 0.863. The van der Waals surface area contributed by atoms with Crippen LogP contribution < -0.4 is 14.2 Å². The number of hydrogen-bond donors (Lipinski definition) is 0. The third-order valence-corrected chi connectivity index (χ3v) is 15.3. The summed E-state index contributed by atoms with van der Waals surface area (Å²) < 4.78 is 60.1. The van der Waals surface area contributed by atoms with Crippen molar-refractivity contribution in [3.8, 4) is 17.2 Å². The summed E-state index contributed by atoms with van der Waals surface area (Å²) in [6, 6.07) is 8.34. The first-order valence-corrected chi connectivity index (χ1v) is 27.3. The molecule has 6 rings (SSSR count). The van der Waals surface area contributed by atoms with Gasteiger partial charge in [0.25, 0.3) is 0 Å². The van der Waals surface area contributed by atoms with Crippen molar-refractivity contribution >= 4 is 52.6 Å². The fourth-order valence-electron chi connectivity index (χ4n) is 11.2. The lowest BCUT2D eigenvalue weighted by atomic mass is 9.69. The zero-order chi connectivity index (χ0) is 54.1. The number of fused-ring (bicyclic) bond motifs is 1. The van der Waals surface area contributed by atoms with Crippen molar-refractivity contribution in [3.63, 3.8) is 0 Å². The maximum Gasteiger partial charge on any atom is 0.330 e. The second-order valence-corrected chi connectivity index (χ2v) is 20.2. The first kappa shape index (κ1) is 59.6. The number of benzene rings is 2. The van der Waals surface area contributed by atoms with E-state index in [1.165, 1.54) is 6.92 Å². The molecule has 2 aromatic carbocycles. The maximum atomic E-state index is 13.8. The molecule has 0 spiro atoms. The summed E-state index contributed by atoms with van der Waals surface area (Å²) in [5.74, 6) is -0.867. The summed E-state index contributed by atoms with van der Waals surface area (Å²) in [6.07, 6.45) is 15.3. The number of carbonyl (C=O) groups excluding carboxylic acids is 7. The van der Waals surface area contributed by atoms with Gasteiger partial charge in [-0.25, -0.2) is 9.59 Å². The zero-order valence-corrected chi connectivity index (χ0v) is 44.2. The Balaban J connectivity index is 0.882. The van der Waals surface area contributed by atoms with E-state index in [-0.39, 0.29) is 112 Å². The third-order valence-electron chi connectivity index (χ3n) is 15.3. The van der Waals surface area contributed by atoms with E-state index in [2.05, 4.69) is 13.2 Å². The minimum absolute atomic E-state index is 0.131. The van der Waals surface area contributed by atoms with E-state index in [4.69, 9.17) is 52.1 Å². The molecule has 4 aliphatic carbocycles. The van der Waals surface area contributed by atoms with Crippen LogP contribution in [0.25, 0.3) is 10.8 Å². The van der Waals surface area contributed by atoms with Crippen LogP contribution in [0.5, 0.6) is 17.2 Å². The van der Waals surface area contributed by atoms with E-state index >= 15 is 0 Å². The highest BCUT2D eigenvalue weighted by Crippen LogP contribution is 2.45. The molecule has 0 amide bonds. The number of esters is 7. The van der Waals surface area contributed by atoms with Crippen molar-refractivity contribution in [2.24, 2.45) is 47.3 Å². The Labute approximate surface area is 446 Å². The SMILES string of the molecule is C=CC(=O)OCCOCCOCCOC(=O)C1CCC(C2CCC(C(=O)Oc3ccc(OC(=O)C4CCC(C5CCC(C(=O)OCCOCCOCCOC(=O)C=C)CC5)CC4)c4c(OC(C)=O)cccc34)CC2)CC1. The largest absolute Gasteiger partial charge is 0.463 e. The van der Waals surface area contributed by atoms with Crippen molar-refractivity contribution in [1.29, 1.82) is 0 Å². The number of rotatable bonds is 29. The summed E-state index contributed by atoms with van der Waals surface area (Å²) in [4.78, 5) is 87.5. The smallest absolute Gasteiger partial charge is 0.330 e. The van der Waals surface area contributed by atoms with Gasteiger partial charge in [0.2, 0.25) is 0 Å². The maximum absolute atomic E-state index is 13.8. The van der Waals surface area contributed by atoms with Gasteiger partial charge in [0.1, 0.15) is 43.7 Å². The van der Waals surface area contributed by atoms with E-state index in [0.717, 1.165) is 89.2 Å². The third kappa shape index (κ3) is 19.1. The highest BCUT2D eigenvalue weighted by Gasteiger charge is 2.38. The Kier molecular flexibility index (Phi) is 25.2. The Bertz CT molecular complexity index is 2230. The van der Waals surface area contributed by atoms with Crippen molar-refractivity contribution in [3.05, 3.63) is 55.6 Å². The molecule has 76 heavy (non-hydrogen) atoms. The lowest BCUT2D eigenvalue weighted by molar-refractivity contribution is -0.152. The number of carbonyl (C=O) groups is 7. The lowest BCUT2D eigenvalue weighted by Crippen LogP contribution is -2.32. The molecule has 0 aliphatic heterocycles. The van der Waals surface area contributed by atoms with Crippen LogP contribution in [0.15, 0.2) is 55.6 Å². The summed E-state index contributed by atoms with van der Waals surface area (Å²) in [5.41, 5.74) is 0. The average molecular weight is 1060 g/mol. The molecular weight excluding hydrogens is 985 g/mol. The molecule has 0 atom stereocenters. The summed E-state index contributed by atoms with van der Waals surface area (Å²) in [6.45, 7) is 11.0. The van der Waals surface area contributed by atoms with Crippen LogP contribution in [0, 0.1) is 47.3 Å². The van der Waals surface area contributed by atoms with Crippen molar-refractivity contribution < 1.29 is 85.7 Å². The Morgan fingerprint density at radius 1 is 0.395 bits per heavy atom. The first-order valence-electron chi connectivity index (χ1n) is 27.3. The van der Waals surface area contributed by atoms with Gasteiger partial charge >= 0.3 is 41.8 Å². The molecule has 0 aromatic heterocycles. The molecule has 4 saturated carbocycles. The molecule has 0 heterocycles. The predicted molar refractivity (Wildman–Crippen MR) is 276 cm³/mol. The van der Waals surface area contributed by atoms with Crippen LogP contribution in [0.2, 0.25) is 0 Å². The quantitative estimate of drug-likeness (QED) is 0.0245. The molecule has 4 aliphatic rings.